The smallest absolute Gasteiger partial charge is 0.328 e. The summed E-state index contributed by atoms with van der Waals surface area (Å²) in [5.74, 6) is -0.208. The van der Waals surface area contributed by atoms with E-state index in [2.05, 4.69) is 41.2 Å². The molecule has 0 saturated heterocycles. The number of nitrogens with one attached hydrogen (secondary N) is 1. The lowest BCUT2D eigenvalue weighted by Gasteiger charge is -2.20. The Hall–Kier alpha value is -1.03. The Kier molecular flexibility index (Phi) is 6.35. The molecule has 0 saturated carbocycles. The summed E-state index contributed by atoms with van der Waals surface area (Å²) < 4.78 is 5.85. The van der Waals surface area contributed by atoms with Crippen molar-refractivity contribution in [2.24, 2.45) is 0 Å². The van der Waals surface area contributed by atoms with E-state index in [0.717, 1.165) is 35.0 Å². The van der Waals surface area contributed by atoms with Gasteiger partial charge < -0.3 is 10.1 Å². The summed E-state index contributed by atoms with van der Waals surface area (Å²) in [7, 11) is 1.43. The average molecular weight is 328 g/mol. The Morgan fingerprint density at radius 3 is 2.63 bits per heavy atom. The first-order chi connectivity index (χ1) is 8.99. The summed E-state index contributed by atoms with van der Waals surface area (Å²) in [6, 6.07) is 3.85. The van der Waals surface area contributed by atoms with E-state index in [0.29, 0.717) is 0 Å². The van der Waals surface area contributed by atoms with Gasteiger partial charge in [-0.15, -0.1) is 0 Å². The molecule has 3 nitrogen and oxygen atoms in total. The highest BCUT2D eigenvalue weighted by atomic mass is 79.9. The summed E-state index contributed by atoms with van der Waals surface area (Å²) >= 11 is 3.55. The lowest BCUT2D eigenvalue weighted by atomic mass is 10.1. The quantitative estimate of drug-likeness (QED) is 0.795. The third-order valence-electron chi connectivity index (χ3n) is 3.08. The first kappa shape index (κ1) is 16.0. The molecule has 0 aliphatic heterocycles. The van der Waals surface area contributed by atoms with Crippen molar-refractivity contribution in [1.82, 2.24) is 0 Å². The molecule has 0 radical (unpaired) electrons. The molecule has 1 aromatic carbocycles. The molecule has 1 unspecified atom stereocenters. The fraction of sp³-hybridized carbons (Fsp3) is 0.533. The van der Waals surface area contributed by atoms with Crippen LogP contribution >= 0.6 is 15.9 Å². The summed E-state index contributed by atoms with van der Waals surface area (Å²) in [5.41, 5.74) is 3.28. The highest BCUT2D eigenvalue weighted by Gasteiger charge is 2.20. The Morgan fingerprint density at radius 2 is 2.11 bits per heavy atom. The third-order valence-corrected chi connectivity index (χ3v) is 3.71. The first-order valence-corrected chi connectivity index (χ1v) is 7.40. The molecule has 1 atom stereocenters. The van der Waals surface area contributed by atoms with Crippen LogP contribution in [0.3, 0.4) is 0 Å². The zero-order chi connectivity index (χ0) is 14.4. The highest BCUT2D eigenvalue weighted by molar-refractivity contribution is 9.10. The number of halogens is 1. The molecule has 0 heterocycles. The van der Waals surface area contributed by atoms with Gasteiger partial charge in [-0.3, -0.25) is 0 Å². The van der Waals surface area contributed by atoms with Crippen LogP contribution in [-0.2, 0) is 9.53 Å². The number of aryl methyl sites for hydroxylation is 2. The normalized spacial score (nSPS) is 12.1. The minimum absolute atomic E-state index is 0.208. The molecular weight excluding hydrogens is 306 g/mol. The zero-order valence-electron chi connectivity index (χ0n) is 12.0. The molecule has 0 amide bonds. The highest BCUT2D eigenvalue weighted by Crippen LogP contribution is 2.29. The predicted molar refractivity (Wildman–Crippen MR) is 82.6 cm³/mol. The average Bonchev–Trinajstić information content (AvgIpc) is 2.36. The van der Waals surface area contributed by atoms with Gasteiger partial charge in [0.15, 0.2) is 0 Å². The molecule has 1 N–H and O–H groups in total. The van der Waals surface area contributed by atoms with Gasteiger partial charge in [-0.1, -0.05) is 25.8 Å². The van der Waals surface area contributed by atoms with E-state index in [4.69, 9.17) is 4.74 Å². The van der Waals surface area contributed by atoms with Crippen LogP contribution in [0.1, 0.15) is 37.3 Å². The Bertz CT molecular complexity index is 423. The topological polar surface area (TPSA) is 38.3 Å². The molecule has 1 aromatic rings. The van der Waals surface area contributed by atoms with Crippen LogP contribution < -0.4 is 5.32 Å². The minimum atomic E-state index is -0.289. The molecule has 106 valence electrons. The van der Waals surface area contributed by atoms with Gasteiger partial charge in [0.2, 0.25) is 0 Å². The number of hydrogen-bond acceptors (Lipinski definition) is 3. The van der Waals surface area contributed by atoms with E-state index >= 15 is 0 Å². The van der Waals surface area contributed by atoms with Crippen LogP contribution in [0.15, 0.2) is 16.6 Å². The number of esters is 1. The maximum Gasteiger partial charge on any atom is 0.328 e. The number of benzene rings is 1. The van der Waals surface area contributed by atoms with Crippen molar-refractivity contribution in [3.05, 3.63) is 27.7 Å². The third kappa shape index (κ3) is 4.53. The SMILES string of the molecule is CCCCC(Nc1c(C)cc(C)cc1Br)C(=O)OC. The van der Waals surface area contributed by atoms with E-state index < -0.39 is 0 Å². The summed E-state index contributed by atoms with van der Waals surface area (Å²) in [6.45, 7) is 6.20. The lowest BCUT2D eigenvalue weighted by molar-refractivity contribution is -0.141. The van der Waals surface area contributed by atoms with Crippen LogP contribution in [0.2, 0.25) is 0 Å². The van der Waals surface area contributed by atoms with Gasteiger partial charge in [-0.25, -0.2) is 4.79 Å². The van der Waals surface area contributed by atoms with E-state index in [-0.39, 0.29) is 12.0 Å². The Balaban J connectivity index is 2.92. The Morgan fingerprint density at radius 1 is 1.42 bits per heavy atom. The van der Waals surface area contributed by atoms with Crippen LogP contribution in [-0.4, -0.2) is 19.1 Å². The molecule has 1 rings (SSSR count). The second-order valence-corrected chi connectivity index (χ2v) is 5.66. The van der Waals surface area contributed by atoms with E-state index in [1.54, 1.807) is 0 Å². The first-order valence-electron chi connectivity index (χ1n) is 6.60. The lowest BCUT2D eigenvalue weighted by Crippen LogP contribution is -2.31. The van der Waals surface area contributed by atoms with Gasteiger partial charge in [0.25, 0.3) is 0 Å². The zero-order valence-corrected chi connectivity index (χ0v) is 13.6. The number of rotatable bonds is 6. The standard InChI is InChI=1S/C15H22BrNO2/c1-5-6-7-13(15(18)19-4)17-14-11(3)8-10(2)9-12(14)16/h8-9,13,17H,5-7H2,1-4H3. The largest absolute Gasteiger partial charge is 0.467 e. The van der Waals surface area contributed by atoms with Crippen molar-refractivity contribution in [2.75, 3.05) is 12.4 Å². The minimum Gasteiger partial charge on any atom is -0.467 e. The number of unbranched alkanes of at least 4 members (excludes halogenated alkanes) is 1. The van der Waals surface area contributed by atoms with Crippen LogP contribution in [0.4, 0.5) is 5.69 Å². The molecule has 19 heavy (non-hydrogen) atoms. The van der Waals surface area contributed by atoms with Crippen molar-refractivity contribution >= 4 is 27.6 Å². The van der Waals surface area contributed by atoms with E-state index in [9.17, 15) is 4.79 Å². The monoisotopic (exact) mass is 327 g/mol. The second kappa shape index (κ2) is 7.53. The van der Waals surface area contributed by atoms with Crippen LogP contribution in [0, 0.1) is 13.8 Å². The Labute approximate surface area is 123 Å². The number of carbonyl (C=O) groups excluding carboxylic acids is 1. The number of ether oxygens (including phenoxy) is 1. The maximum atomic E-state index is 11.8. The van der Waals surface area contributed by atoms with Crippen LogP contribution in [0.25, 0.3) is 0 Å². The van der Waals surface area contributed by atoms with Crippen molar-refractivity contribution in [3.63, 3.8) is 0 Å². The van der Waals surface area contributed by atoms with Crippen molar-refractivity contribution < 1.29 is 9.53 Å². The van der Waals surface area contributed by atoms with Gasteiger partial charge >= 0.3 is 5.97 Å². The van der Waals surface area contributed by atoms with Crippen molar-refractivity contribution in [3.8, 4) is 0 Å². The molecule has 0 aliphatic rings. The van der Waals surface area contributed by atoms with Crippen molar-refractivity contribution in [1.29, 1.82) is 0 Å². The number of hydrogen-bond donors (Lipinski definition) is 1. The van der Waals surface area contributed by atoms with E-state index in [1.165, 1.54) is 12.7 Å². The molecule has 0 fully saturated rings. The van der Waals surface area contributed by atoms with Crippen LogP contribution in [0.5, 0.6) is 0 Å². The number of carbonyl (C=O) groups is 1. The molecule has 4 heteroatoms. The molecule has 0 aromatic heterocycles. The molecule has 0 aliphatic carbocycles. The summed E-state index contributed by atoms with van der Waals surface area (Å²) in [4.78, 5) is 11.8. The molecular formula is C15H22BrNO2. The fourth-order valence-electron chi connectivity index (χ4n) is 2.07. The fourth-order valence-corrected chi connectivity index (χ4v) is 2.86. The van der Waals surface area contributed by atoms with Crippen molar-refractivity contribution in [2.45, 2.75) is 46.1 Å². The summed E-state index contributed by atoms with van der Waals surface area (Å²) in [6.07, 6.45) is 2.83. The predicted octanol–water partition coefficient (Wildman–Crippen LogP) is 4.21. The number of anilines is 1. The number of methoxy groups -OCH3 is 1. The van der Waals surface area contributed by atoms with Gasteiger partial charge in [0.1, 0.15) is 6.04 Å². The van der Waals surface area contributed by atoms with Gasteiger partial charge in [0, 0.05) is 4.47 Å². The molecule has 0 spiro atoms. The summed E-state index contributed by atoms with van der Waals surface area (Å²) in [5, 5.41) is 3.31. The van der Waals surface area contributed by atoms with Gasteiger partial charge in [-0.05, 0) is 53.4 Å². The van der Waals surface area contributed by atoms with Gasteiger partial charge in [0.05, 0.1) is 12.8 Å². The van der Waals surface area contributed by atoms with Gasteiger partial charge in [-0.2, -0.15) is 0 Å². The second-order valence-electron chi connectivity index (χ2n) is 4.80. The van der Waals surface area contributed by atoms with E-state index in [1.807, 2.05) is 13.0 Å². The molecule has 0 bridgehead atoms. The maximum absolute atomic E-state index is 11.8.